The molecule has 0 heteroatoms. The van der Waals surface area contributed by atoms with Crippen LogP contribution in [0.3, 0.4) is 0 Å². The minimum absolute atomic E-state index is 0.132. The summed E-state index contributed by atoms with van der Waals surface area (Å²) < 4.78 is 0. The summed E-state index contributed by atoms with van der Waals surface area (Å²) in [7, 11) is 0. The summed E-state index contributed by atoms with van der Waals surface area (Å²) in [6.45, 7) is 2.33. The topological polar surface area (TPSA) is 0 Å². The van der Waals surface area contributed by atoms with Crippen LogP contribution in [0.1, 0.15) is 47.9 Å². The standard InChI is InChI=1S/C37H32/c1-2-27-37(31-21-7-4-8-22-31,35-26-14-20-29-16-10-12-24-33(29)35)36(30-17-5-3-6-18-30)34-25-13-19-28-15-9-11-23-32(28)34/h3-26,36H,2,27H2,1H3. The van der Waals surface area contributed by atoms with E-state index >= 15 is 0 Å². The summed E-state index contributed by atoms with van der Waals surface area (Å²) in [5.41, 5.74) is 5.25. The molecular weight excluding hydrogens is 444 g/mol. The van der Waals surface area contributed by atoms with Gasteiger partial charge in [-0.25, -0.2) is 0 Å². The molecule has 0 fully saturated rings. The Kier molecular flexibility index (Phi) is 6.33. The maximum Gasteiger partial charge on any atom is 0.0318 e. The molecule has 6 rings (SSSR count). The zero-order valence-corrected chi connectivity index (χ0v) is 21.3. The van der Waals surface area contributed by atoms with Crippen LogP contribution in [0, 0.1) is 0 Å². The van der Waals surface area contributed by atoms with Gasteiger partial charge in [-0.1, -0.05) is 159 Å². The van der Waals surface area contributed by atoms with E-state index in [2.05, 4.69) is 153 Å². The van der Waals surface area contributed by atoms with E-state index in [1.807, 2.05) is 0 Å². The van der Waals surface area contributed by atoms with Crippen molar-refractivity contribution in [2.75, 3.05) is 0 Å². The van der Waals surface area contributed by atoms with Gasteiger partial charge in [-0.05, 0) is 50.2 Å². The van der Waals surface area contributed by atoms with Gasteiger partial charge in [0, 0.05) is 11.3 Å². The van der Waals surface area contributed by atoms with Crippen molar-refractivity contribution in [3.8, 4) is 0 Å². The fourth-order valence-electron chi connectivity index (χ4n) is 6.52. The normalized spacial score (nSPS) is 13.9. The second kappa shape index (κ2) is 10.1. The number of rotatable bonds is 7. The highest BCUT2D eigenvalue weighted by Gasteiger charge is 2.44. The minimum Gasteiger partial charge on any atom is -0.0653 e. The number of fused-ring (bicyclic) bond motifs is 2. The summed E-state index contributed by atoms with van der Waals surface area (Å²) in [4.78, 5) is 0. The third-order valence-electron chi connectivity index (χ3n) is 7.96. The lowest BCUT2D eigenvalue weighted by Gasteiger charge is -2.44. The highest BCUT2D eigenvalue weighted by Crippen LogP contribution is 2.53. The quantitative estimate of drug-likeness (QED) is 0.215. The lowest BCUT2D eigenvalue weighted by molar-refractivity contribution is 0.418. The molecule has 0 saturated carbocycles. The highest BCUT2D eigenvalue weighted by atomic mass is 14.5. The van der Waals surface area contributed by atoms with E-state index in [9.17, 15) is 0 Å². The van der Waals surface area contributed by atoms with Crippen LogP contribution in [0.4, 0.5) is 0 Å². The predicted molar refractivity (Wildman–Crippen MR) is 158 cm³/mol. The molecule has 0 nitrogen and oxygen atoms in total. The molecule has 2 atom stereocenters. The van der Waals surface area contributed by atoms with Crippen LogP contribution in [0.2, 0.25) is 0 Å². The molecule has 0 saturated heterocycles. The van der Waals surface area contributed by atoms with E-state index < -0.39 is 0 Å². The minimum atomic E-state index is -0.262. The summed E-state index contributed by atoms with van der Waals surface area (Å²) in [5.74, 6) is 0.132. The summed E-state index contributed by atoms with van der Waals surface area (Å²) in [5, 5.41) is 5.25. The van der Waals surface area contributed by atoms with Crippen LogP contribution in [0.5, 0.6) is 0 Å². The molecule has 0 amide bonds. The van der Waals surface area contributed by atoms with Gasteiger partial charge in [-0.2, -0.15) is 0 Å². The zero-order chi connectivity index (χ0) is 25.1. The average molecular weight is 477 g/mol. The first-order valence-corrected chi connectivity index (χ1v) is 13.4. The van der Waals surface area contributed by atoms with Crippen molar-refractivity contribution in [2.24, 2.45) is 0 Å². The molecule has 0 aromatic heterocycles. The number of hydrogen-bond acceptors (Lipinski definition) is 0. The maximum atomic E-state index is 2.38. The van der Waals surface area contributed by atoms with Crippen molar-refractivity contribution in [3.05, 3.63) is 168 Å². The molecular formula is C37H32. The molecule has 180 valence electrons. The fraction of sp³-hybridized carbons (Fsp3) is 0.135. The second-order valence-corrected chi connectivity index (χ2v) is 10.0. The van der Waals surface area contributed by atoms with Gasteiger partial charge in [0.05, 0.1) is 0 Å². The Morgan fingerprint density at radius 3 is 1.76 bits per heavy atom. The van der Waals surface area contributed by atoms with Crippen LogP contribution < -0.4 is 0 Å². The van der Waals surface area contributed by atoms with Crippen molar-refractivity contribution in [2.45, 2.75) is 31.1 Å². The first kappa shape index (κ1) is 23.3. The van der Waals surface area contributed by atoms with Crippen LogP contribution in [0.15, 0.2) is 146 Å². The summed E-state index contributed by atoms with van der Waals surface area (Å²) in [6.07, 6.45) is 2.11. The Hall–Kier alpha value is -4.16. The van der Waals surface area contributed by atoms with Crippen molar-refractivity contribution in [1.82, 2.24) is 0 Å². The van der Waals surface area contributed by atoms with Crippen molar-refractivity contribution in [3.63, 3.8) is 0 Å². The monoisotopic (exact) mass is 476 g/mol. The zero-order valence-electron chi connectivity index (χ0n) is 21.3. The largest absolute Gasteiger partial charge is 0.0653 e. The Morgan fingerprint density at radius 1 is 0.514 bits per heavy atom. The molecule has 0 aliphatic carbocycles. The number of benzene rings is 6. The molecule has 6 aromatic carbocycles. The van der Waals surface area contributed by atoms with Gasteiger partial charge < -0.3 is 0 Å². The van der Waals surface area contributed by atoms with Gasteiger partial charge in [0.25, 0.3) is 0 Å². The summed E-state index contributed by atoms with van der Waals surface area (Å²) in [6, 6.07) is 53.9. The average Bonchev–Trinajstić information content (AvgIpc) is 2.98. The van der Waals surface area contributed by atoms with E-state index in [1.165, 1.54) is 43.8 Å². The fourth-order valence-corrected chi connectivity index (χ4v) is 6.52. The SMILES string of the molecule is CCCC(c1ccccc1)(c1cccc2ccccc12)C(c1ccccc1)c1cccc2ccccc12. The van der Waals surface area contributed by atoms with Gasteiger partial charge >= 0.3 is 0 Å². The van der Waals surface area contributed by atoms with E-state index in [-0.39, 0.29) is 11.3 Å². The van der Waals surface area contributed by atoms with Crippen molar-refractivity contribution >= 4 is 21.5 Å². The van der Waals surface area contributed by atoms with Gasteiger partial charge in [0.1, 0.15) is 0 Å². The molecule has 2 unspecified atom stereocenters. The van der Waals surface area contributed by atoms with Crippen molar-refractivity contribution in [1.29, 1.82) is 0 Å². The van der Waals surface area contributed by atoms with Crippen LogP contribution in [-0.2, 0) is 5.41 Å². The molecule has 0 bridgehead atoms. The predicted octanol–water partition coefficient (Wildman–Crippen LogP) is 9.91. The molecule has 0 aliphatic heterocycles. The molecule has 0 aliphatic rings. The van der Waals surface area contributed by atoms with Crippen LogP contribution >= 0.6 is 0 Å². The van der Waals surface area contributed by atoms with Gasteiger partial charge in [-0.15, -0.1) is 0 Å². The summed E-state index contributed by atoms with van der Waals surface area (Å²) >= 11 is 0. The molecule has 0 spiro atoms. The first-order valence-electron chi connectivity index (χ1n) is 13.4. The van der Waals surface area contributed by atoms with Crippen LogP contribution in [0.25, 0.3) is 21.5 Å². The maximum absolute atomic E-state index is 2.38. The third kappa shape index (κ3) is 4.03. The third-order valence-corrected chi connectivity index (χ3v) is 7.96. The Bertz CT molecular complexity index is 1620. The van der Waals surface area contributed by atoms with E-state index in [4.69, 9.17) is 0 Å². The highest BCUT2D eigenvalue weighted by molar-refractivity contribution is 5.90. The Morgan fingerprint density at radius 2 is 1.05 bits per heavy atom. The van der Waals surface area contributed by atoms with Crippen molar-refractivity contribution < 1.29 is 0 Å². The van der Waals surface area contributed by atoms with E-state index in [0.717, 1.165) is 12.8 Å². The Labute approximate surface area is 220 Å². The second-order valence-electron chi connectivity index (χ2n) is 10.0. The number of hydrogen-bond donors (Lipinski definition) is 0. The molecule has 37 heavy (non-hydrogen) atoms. The Balaban J connectivity index is 1.79. The van der Waals surface area contributed by atoms with Gasteiger partial charge in [0.15, 0.2) is 0 Å². The molecule has 6 aromatic rings. The van der Waals surface area contributed by atoms with Crippen LogP contribution in [-0.4, -0.2) is 0 Å². The smallest absolute Gasteiger partial charge is 0.0318 e. The molecule has 0 radical (unpaired) electrons. The first-order chi connectivity index (χ1) is 18.3. The lowest BCUT2D eigenvalue weighted by Crippen LogP contribution is -2.36. The molecule has 0 N–H and O–H groups in total. The van der Waals surface area contributed by atoms with Gasteiger partial charge in [-0.3, -0.25) is 0 Å². The van der Waals surface area contributed by atoms with Gasteiger partial charge in [0.2, 0.25) is 0 Å². The van der Waals surface area contributed by atoms with E-state index in [0.29, 0.717) is 0 Å². The molecule has 0 heterocycles. The lowest BCUT2D eigenvalue weighted by atomic mass is 9.58. The van der Waals surface area contributed by atoms with E-state index in [1.54, 1.807) is 0 Å².